The van der Waals surface area contributed by atoms with E-state index < -0.39 is 6.10 Å². The fraction of sp³-hybridized carbons (Fsp3) is 0.423. The number of nitrogens with zero attached hydrogens (tertiary/aromatic N) is 3. The van der Waals surface area contributed by atoms with E-state index in [0.717, 1.165) is 31.7 Å². The average molecular weight is 482 g/mol. The van der Waals surface area contributed by atoms with Crippen molar-refractivity contribution in [1.29, 1.82) is 0 Å². The van der Waals surface area contributed by atoms with Crippen LogP contribution in [0.15, 0.2) is 41.4 Å². The van der Waals surface area contributed by atoms with E-state index in [0.29, 0.717) is 48.4 Å². The van der Waals surface area contributed by atoms with Gasteiger partial charge in [0.05, 0.1) is 5.69 Å². The number of carbonyl (C=O) groups excluding carboxylic acids is 2. The highest BCUT2D eigenvalue weighted by atomic mass is 19.1. The number of anilines is 2. The first-order valence-corrected chi connectivity index (χ1v) is 12.0. The maximum atomic E-state index is 14.3. The van der Waals surface area contributed by atoms with Crippen LogP contribution in [-0.2, 0) is 16.0 Å². The molecule has 8 nitrogen and oxygen atoms in total. The van der Waals surface area contributed by atoms with Crippen molar-refractivity contribution < 1.29 is 18.7 Å². The van der Waals surface area contributed by atoms with Crippen LogP contribution in [0.1, 0.15) is 37.3 Å². The molecule has 0 radical (unpaired) electrons. The van der Waals surface area contributed by atoms with Gasteiger partial charge < -0.3 is 25.6 Å². The van der Waals surface area contributed by atoms with Crippen LogP contribution in [0, 0.1) is 5.82 Å². The van der Waals surface area contributed by atoms with Gasteiger partial charge in [0.2, 0.25) is 5.91 Å². The van der Waals surface area contributed by atoms with Crippen molar-refractivity contribution >= 4 is 29.0 Å². The average Bonchev–Trinajstić information content (AvgIpc) is 2.84. The Bertz CT molecular complexity index is 1110. The Labute approximate surface area is 204 Å². The van der Waals surface area contributed by atoms with Gasteiger partial charge >= 0.3 is 0 Å². The number of nitrogens with two attached hydrogens (primary N) is 1. The van der Waals surface area contributed by atoms with Crippen LogP contribution < -0.4 is 20.7 Å². The summed E-state index contributed by atoms with van der Waals surface area (Å²) in [6.45, 7) is 5.21. The minimum Gasteiger partial charge on any atom is -0.478 e. The van der Waals surface area contributed by atoms with E-state index in [4.69, 9.17) is 10.5 Å². The molecule has 0 aliphatic carbocycles. The number of hydrogen-bond donors (Lipinski definition) is 2. The zero-order valence-corrected chi connectivity index (χ0v) is 20.2. The summed E-state index contributed by atoms with van der Waals surface area (Å²) in [6.07, 6.45) is 1.39. The van der Waals surface area contributed by atoms with E-state index in [1.54, 1.807) is 24.3 Å². The van der Waals surface area contributed by atoms with Gasteiger partial charge in [-0.3, -0.25) is 9.59 Å². The van der Waals surface area contributed by atoms with Crippen molar-refractivity contribution in [2.75, 3.05) is 43.4 Å². The molecule has 2 aliphatic heterocycles. The van der Waals surface area contributed by atoms with E-state index >= 15 is 0 Å². The zero-order valence-electron chi connectivity index (χ0n) is 20.2. The molecule has 0 aromatic heterocycles. The summed E-state index contributed by atoms with van der Waals surface area (Å²) in [6, 6.07) is 9.83. The molecule has 2 aromatic rings. The van der Waals surface area contributed by atoms with Gasteiger partial charge in [0.1, 0.15) is 17.4 Å². The second-order valence-corrected chi connectivity index (χ2v) is 9.06. The van der Waals surface area contributed by atoms with Crippen LogP contribution in [0.2, 0.25) is 0 Å². The third-order valence-corrected chi connectivity index (χ3v) is 6.34. The van der Waals surface area contributed by atoms with Crippen LogP contribution >= 0.6 is 0 Å². The summed E-state index contributed by atoms with van der Waals surface area (Å²) in [5, 5.41) is 2.88. The lowest BCUT2D eigenvalue weighted by Gasteiger charge is -2.37. The number of likely N-dealkylation sites (N-methyl/N-ethyl adjacent to an activating group) is 1. The number of benzene rings is 2. The summed E-state index contributed by atoms with van der Waals surface area (Å²) in [7, 11) is 2.06. The van der Waals surface area contributed by atoms with Crippen molar-refractivity contribution in [3.63, 3.8) is 0 Å². The van der Waals surface area contributed by atoms with E-state index in [1.807, 2.05) is 6.92 Å². The molecule has 0 spiro atoms. The van der Waals surface area contributed by atoms with Crippen LogP contribution in [-0.4, -0.2) is 61.9 Å². The molecule has 9 heteroatoms. The number of halogens is 1. The molecule has 2 aromatic carbocycles. The number of fused-ring (bicyclic) bond motifs is 1. The summed E-state index contributed by atoms with van der Waals surface area (Å²) in [5.41, 5.74) is 8.61. The van der Waals surface area contributed by atoms with Crippen LogP contribution in [0.25, 0.3) is 0 Å². The summed E-state index contributed by atoms with van der Waals surface area (Å²) < 4.78 is 20.5. The lowest BCUT2D eigenvalue weighted by Crippen LogP contribution is -2.45. The monoisotopic (exact) mass is 481 g/mol. The molecule has 3 N–H and O–H groups in total. The molecule has 2 aliphatic rings. The van der Waals surface area contributed by atoms with Crippen LogP contribution in [0.3, 0.4) is 0 Å². The van der Waals surface area contributed by atoms with E-state index in [1.165, 1.54) is 12.1 Å². The Kier molecular flexibility index (Phi) is 7.65. The number of nitrogens with one attached hydrogen (secondary N) is 1. The third-order valence-electron chi connectivity index (χ3n) is 6.34. The molecule has 4 rings (SSSR count). The fourth-order valence-corrected chi connectivity index (χ4v) is 4.33. The predicted molar refractivity (Wildman–Crippen MR) is 135 cm³/mol. The van der Waals surface area contributed by atoms with Gasteiger partial charge in [0, 0.05) is 49.9 Å². The number of aliphatic imine (C=N–C) groups is 1. The highest BCUT2D eigenvalue weighted by Gasteiger charge is 2.30. The second-order valence-electron chi connectivity index (χ2n) is 9.06. The summed E-state index contributed by atoms with van der Waals surface area (Å²) in [4.78, 5) is 32.9. The number of ether oxygens (including phenoxy) is 1. The van der Waals surface area contributed by atoms with Gasteiger partial charge in [-0.15, -0.1) is 0 Å². The Balaban J connectivity index is 1.44. The van der Waals surface area contributed by atoms with Gasteiger partial charge in [0.25, 0.3) is 5.91 Å². The molecule has 1 fully saturated rings. The smallest absolute Gasteiger partial charge is 0.265 e. The van der Waals surface area contributed by atoms with Crippen molar-refractivity contribution in [3.8, 4) is 5.75 Å². The lowest BCUT2D eigenvalue weighted by molar-refractivity contribution is -0.123. The summed E-state index contributed by atoms with van der Waals surface area (Å²) in [5.74, 6) is -0.0659. The predicted octanol–water partition coefficient (Wildman–Crippen LogP) is 2.94. The number of amides is 2. The van der Waals surface area contributed by atoms with Crippen molar-refractivity contribution in [2.45, 2.75) is 38.7 Å². The van der Waals surface area contributed by atoms with E-state index in [9.17, 15) is 14.0 Å². The standard InChI is InChI=1S/C26H32FN5O3/c1-3-4-23(33)30-25(28)17-5-8-20(9-6-17)29-26(34)22-10-7-18-15-19(27)16-21(24(18)35-22)32-13-11-31(2)12-14-32/h5-6,8-9,15-16,22H,3-4,7,10-14H2,1-2H3,(H,29,34)(H2,28,30,33). The van der Waals surface area contributed by atoms with Crippen LogP contribution in [0.4, 0.5) is 15.8 Å². The molecule has 1 atom stereocenters. The molecule has 1 unspecified atom stereocenters. The fourth-order valence-electron chi connectivity index (χ4n) is 4.33. The maximum absolute atomic E-state index is 14.3. The lowest BCUT2D eigenvalue weighted by atomic mass is 9.99. The number of piperazine rings is 1. The maximum Gasteiger partial charge on any atom is 0.265 e. The Morgan fingerprint density at radius 3 is 2.57 bits per heavy atom. The number of amidine groups is 1. The molecular formula is C26H32FN5O3. The van der Waals surface area contributed by atoms with Gasteiger partial charge in [-0.2, -0.15) is 4.99 Å². The van der Waals surface area contributed by atoms with Crippen molar-refractivity contribution in [3.05, 3.63) is 53.3 Å². The molecule has 186 valence electrons. The Morgan fingerprint density at radius 2 is 1.89 bits per heavy atom. The highest BCUT2D eigenvalue weighted by Crippen LogP contribution is 2.39. The normalized spacial score (nSPS) is 18.5. The van der Waals surface area contributed by atoms with Crippen LogP contribution in [0.5, 0.6) is 5.75 Å². The first-order valence-electron chi connectivity index (χ1n) is 12.0. The first-order chi connectivity index (χ1) is 16.8. The minimum atomic E-state index is -0.683. The number of hydrogen-bond acceptors (Lipinski definition) is 5. The third kappa shape index (κ3) is 5.97. The highest BCUT2D eigenvalue weighted by molar-refractivity contribution is 6.04. The SMILES string of the molecule is CCCC(=O)N=C(N)c1ccc(NC(=O)C2CCc3cc(F)cc(N4CCN(C)CC4)c3O2)cc1. The van der Waals surface area contributed by atoms with Crippen molar-refractivity contribution in [2.24, 2.45) is 10.7 Å². The Morgan fingerprint density at radius 1 is 1.17 bits per heavy atom. The summed E-state index contributed by atoms with van der Waals surface area (Å²) >= 11 is 0. The Hall–Kier alpha value is -3.46. The molecule has 1 saturated heterocycles. The zero-order chi connectivity index (χ0) is 24.9. The molecule has 0 bridgehead atoms. The molecule has 2 amide bonds. The number of carbonyl (C=O) groups is 2. The van der Waals surface area contributed by atoms with Gasteiger partial charge in [-0.05, 0) is 62.2 Å². The van der Waals surface area contributed by atoms with Gasteiger partial charge in [-0.1, -0.05) is 6.92 Å². The first kappa shape index (κ1) is 24.7. The van der Waals surface area contributed by atoms with E-state index in [-0.39, 0.29) is 23.5 Å². The van der Waals surface area contributed by atoms with E-state index in [2.05, 4.69) is 27.2 Å². The topological polar surface area (TPSA) is 100 Å². The molecule has 35 heavy (non-hydrogen) atoms. The molecular weight excluding hydrogens is 449 g/mol. The van der Waals surface area contributed by atoms with Gasteiger partial charge in [0.15, 0.2) is 6.10 Å². The van der Waals surface area contributed by atoms with Gasteiger partial charge in [-0.25, -0.2) is 4.39 Å². The molecule has 0 saturated carbocycles. The molecule has 2 heterocycles. The second kappa shape index (κ2) is 10.9. The quantitative estimate of drug-likeness (QED) is 0.486. The number of aryl methyl sites for hydroxylation is 1. The minimum absolute atomic E-state index is 0.150. The number of rotatable bonds is 6. The largest absolute Gasteiger partial charge is 0.478 e. The van der Waals surface area contributed by atoms with Crippen molar-refractivity contribution in [1.82, 2.24) is 4.90 Å².